The minimum atomic E-state index is -0.896. The van der Waals surface area contributed by atoms with Gasteiger partial charge in [0.25, 0.3) is 0 Å². The molecule has 3 N–H and O–H groups in total. The van der Waals surface area contributed by atoms with Crippen molar-refractivity contribution in [2.75, 3.05) is 19.0 Å². The molecule has 1 aromatic heterocycles. The number of hydrogen-bond donors (Lipinski definition) is 3. The number of anilines is 2. The van der Waals surface area contributed by atoms with Crippen molar-refractivity contribution in [1.82, 2.24) is 14.9 Å². The van der Waals surface area contributed by atoms with Crippen molar-refractivity contribution in [2.45, 2.75) is 25.4 Å². The number of phenols is 1. The third-order valence-corrected chi connectivity index (χ3v) is 5.65. The first-order valence-electron chi connectivity index (χ1n) is 9.61. The molecule has 10 heteroatoms. The second-order valence-electron chi connectivity index (χ2n) is 7.28. The number of carboxylic acid groups (broad SMARTS) is 1. The lowest BCUT2D eigenvalue weighted by atomic mass is 10.1. The van der Waals surface area contributed by atoms with E-state index in [-0.39, 0.29) is 23.1 Å². The number of carboxylic acids is 1. The van der Waals surface area contributed by atoms with Crippen LogP contribution < -0.4 is 10.1 Å². The lowest BCUT2D eigenvalue weighted by Gasteiger charge is -2.23. The van der Waals surface area contributed by atoms with Crippen molar-refractivity contribution >= 4 is 40.0 Å². The highest BCUT2D eigenvalue weighted by Gasteiger charge is 2.31. The zero-order valence-corrected chi connectivity index (χ0v) is 17.4. The molecule has 0 spiro atoms. The van der Waals surface area contributed by atoms with E-state index in [0.29, 0.717) is 40.9 Å². The average molecular weight is 447 g/mol. The number of likely N-dealkylation sites (tertiary alicyclic amines) is 1. The SMILES string of the molecule is COc1cc2ncnc(Nc3cc(Cl)c(F)cc3CN3CCC[C@H]3C(=O)O)c2cc1O. The fourth-order valence-electron chi connectivity index (χ4n) is 3.81. The number of aromatic hydroxyl groups is 1. The Bertz CT molecular complexity index is 1160. The largest absolute Gasteiger partial charge is 0.504 e. The van der Waals surface area contributed by atoms with Crippen LogP contribution in [0.3, 0.4) is 0 Å². The Kier molecular flexibility index (Phi) is 5.79. The van der Waals surface area contributed by atoms with Gasteiger partial charge in [0, 0.05) is 23.7 Å². The number of fused-ring (bicyclic) bond motifs is 1. The van der Waals surface area contributed by atoms with Crippen LogP contribution in [0.4, 0.5) is 15.9 Å². The number of phenolic OH excluding ortho intramolecular Hbond substituents is 1. The summed E-state index contributed by atoms with van der Waals surface area (Å²) in [6, 6.07) is 5.18. The molecule has 2 aromatic carbocycles. The van der Waals surface area contributed by atoms with Crippen molar-refractivity contribution in [1.29, 1.82) is 0 Å². The zero-order chi connectivity index (χ0) is 22.1. The van der Waals surface area contributed by atoms with Crippen LogP contribution in [0.1, 0.15) is 18.4 Å². The molecule has 2 heterocycles. The van der Waals surface area contributed by atoms with Gasteiger partial charge in [0.15, 0.2) is 11.5 Å². The van der Waals surface area contributed by atoms with Crippen LogP contribution in [-0.2, 0) is 11.3 Å². The maximum atomic E-state index is 14.2. The molecule has 0 aliphatic carbocycles. The molecule has 1 fully saturated rings. The maximum Gasteiger partial charge on any atom is 0.320 e. The number of hydrogen-bond acceptors (Lipinski definition) is 7. The molecule has 0 amide bonds. The number of aliphatic carboxylic acids is 1. The molecule has 0 bridgehead atoms. The second-order valence-corrected chi connectivity index (χ2v) is 7.69. The van der Waals surface area contributed by atoms with Gasteiger partial charge in [0.2, 0.25) is 0 Å². The molecular formula is C21H20ClFN4O4. The summed E-state index contributed by atoms with van der Waals surface area (Å²) in [5, 5.41) is 23.2. The first kappa shape index (κ1) is 21.1. The van der Waals surface area contributed by atoms with Crippen molar-refractivity contribution in [3.63, 3.8) is 0 Å². The number of benzene rings is 2. The van der Waals surface area contributed by atoms with Gasteiger partial charge in [-0.3, -0.25) is 9.69 Å². The van der Waals surface area contributed by atoms with E-state index in [0.717, 1.165) is 6.42 Å². The molecular weight excluding hydrogens is 427 g/mol. The second kappa shape index (κ2) is 8.52. The van der Waals surface area contributed by atoms with Gasteiger partial charge in [0.05, 0.1) is 17.6 Å². The summed E-state index contributed by atoms with van der Waals surface area (Å²) in [5.41, 5.74) is 1.56. The van der Waals surface area contributed by atoms with Crippen molar-refractivity contribution in [2.24, 2.45) is 0 Å². The van der Waals surface area contributed by atoms with E-state index in [9.17, 15) is 19.4 Å². The van der Waals surface area contributed by atoms with Gasteiger partial charge >= 0.3 is 5.97 Å². The highest BCUT2D eigenvalue weighted by atomic mass is 35.5. The van der Waals surface area contributed by atoms with Gasteiger partial charge in [-0.15, -0.1) is 0 Å². The van der Waals surface area contributed by atoms with E-state index < -0.39 is 17.8 Å². The van der Waals surface area contributed by atoms with Crippen molar-refractivity contribution < 1.29 is 24.1 Å². The summed E-state index contributed by atoms with van der Waals surface area (Å²) < 4.78 is 19.4. The molecule has 31 heavy (non-hydrogen) atoms. The third kappa shape index (κ3) is 4.19. The molecule has 0 unspecified atom stereocenters. The Morgan fingerprint density at radius 2 is 2.16 bits per heavy atom. The van der Waals surface area contributed by atoms with Crippen LogP contribution in [0.2, 0.25) is 5.02 Å². The average Bonchev–Trinajstić information content (AvgIpc) is 3.20. The summed E-state index contributed by atoms with van der Waals surface area (Å²) >= 11 is 6.02. The fourth-order valence-corrected chi connectivity index (χ4v) is 3.98. The molecule has 1 atom stereocenters. The van der Waals surface area contributed by atoms with Crippen molar-refractivity contribution in [3.05, 3.63) is 47.0 Å². The Balaban J connectivity index is 1.73. The summed E-state index contributed by atoms with van der Waals surface area (Å²) in [4.78, 5) is 21.8. The minimum absolute atomic E-state index is 0.0772. The molecule has 0 radical (unpaired) electrons. The highest BCUT2D eigenvalue weighted by molar-refractivity contribution is 6.31. The summed E-state index contributed by atoms with van der Waals surface area (Å²) in [7, 11) is 1.44. The molecule has 8 nitrogen and oxygen atoms in total. The van der Waals surface area contributed by atoms with E-state index in [1.54, 1.807) is 11.0 Å². The molecule has 1 aliphatic heterocycles. The lowest BCUT2D eigenvalue weighted by Crippen LogP contribution is -2.35. The monoisotopic (exact) mass is 446 g/mol. The number of halogens is 2. The Labute approximate surface area is 182 Å². The van der Waals surface area contributed by atoms with Gasteiger partial charge < -0.3 is 20.3 Å². The van der Waals surface area contributed by atoms with Crippen LogP contribution in [-0.4, -0.2) is 50.7 Å². The van der Waals surface area contributed by atoms with E-state index in [1.165, 1.54) is 31.6 Å². The van der Waals surface area contributed by atoms with Crippen LogP contribution in [0.25, 0.3) is 10.9 Å². The standard InChI is InChI=1S/C21H20ClFN4O4/c1-31-19-8-16-12(6-18(19)28)20(25-10-24-16)26-15-7-13(22)14(23)5-11(15)9-27-4-2-3-17(27)21(29)30/h5-8,10,17,28H,2-4,9H2,1H3,(H,29,30)(H,24,25,26)/t17-/m0/s1. The normalized spacial score (nSPS) is 16.5. The Morgan fingerprint density at radius 1 is 1.35 bits per heavy atom. The molecule has 4 rings (SSSR count). The zero-order valence-electron chi connectivity index (χ0n) is 16.6. The van der Waals surface area contributed by atoms with Crippen LogP contribution in [0.15, 0.2) is 30.6 Å². The fraction of sp³-hybridized carbons (Fsp3) is 0.286. The summed E-state index contributed by atoms with van der Waals surface area (Å²) in [6.07, 6.45) is 2.66. The molecule has 1 aliphatic rings. The smallest absolute Gasteiger partial charge is 0.320 e. The summed E-state index contributed by atoms with van der Waals surface area (Å²) in [6.45, 7) is 0.834. The van der Waals surface area contributed by atoms with Gasteiger partial charge in [-0.05, 0) is 43.1 Å². The summed E-state index contributed by atoms with van der Waals surface area (Å²) in [5.74, 6) is -0.915. The number of nitrogens with one attached hydrogen (secondary N) is 1. The minimum Gasteiger partial charge on any atom is -0.504 e. The number of carbonyl (C=O) groups is 1. The molecule has 3 aromatic rings. The molecule has 162 valence electrons. The van der Waals surface area contributed by atoms with Gasteiger partial charge in [-0.1, -0.05) is 11.6 Å². The number of rotatable bonds is 6. The number of nitrogens with zero attached hydrogens (tertiary/aromatic N) is 3. The van der Waals surface area contributed by atoms with E-state index in [4.69, 9.17) is 16.3 Å². The van der Waals surface area contributed by atoms with E-state index in [2.05, 4.69) is 15.3 Å². The van der Waals surface area contributed by atoms with Crippen LogP contribution in [0.5, 0.6) is 11.5 Å². The van der Waals surface area contributed by atoms with Crippen LogP contribution >= 0.6 is 11.6 Å². The first-order valence-corrected chi connectivity index (χ1v) is 9.98. The number of aromatic nitrogens is 2. The number of ether oxygens (including phenoxy) is 1. The molecule has 1 saturated heterocycles. The predicted molar refractivity (Wildman–Crippen MR) is 114 cm³/mol. The van der Waals surface area contributed by atoms with Crippen molar-refractivity contribution in [3.8, 4) is 11.5 Å². The van der Waals surface area contributed by atoms with E-state index in [1.807, 2.05) is 0 Å². The lowest BCUT2D eigenvalue weighted by molar-refractivity contribution is -0.142. The first-order chi connectivity index (χ1) is 14.9. The Hall–Kier alpha value is -3.17. The van der Waals surface area contributed by atoms with E-state index >= 15 is 0 Å². The van der Waals surface area contributed by atoms with Gasteiger partial charge in [-0.25, -0.2) is 14.4 Å². The quantitative estimate of drug-likeness (QED) is 0.522. The van der Waals surface area contributed by atoms with Gasteiger partial charge in [0.1, 0.15) is 24.0 Å². The highest BCUT2D eigenvalue weighted by Crippen LogP contribution is 2.35. The maximum absolute atomic E-state index is 14.2. The Morgan fingerprint density at radius 3 is 2.90 bits per heavy atom. The number of methoxy groups -OCH3 is 1. The van der Waals surface area contributed by atoms with Gasteiger partial charge in [-0.2, -0.15) is 0 Å². The predicted octanol–water partition coefficient (Wildman–Crippen LogP) is 3.93. The van der Waals surface area contributed by atoms with Crippen LogP contribution in [0, 0.1) is 5.82 Å². The third-order valence-electron chi connectivity index (χ3n) is 5.36. The topological polar surface area (TPSA) is 108 Å². The molecule has 0 saturated carbocycles.